The molecule has 0 saturated carbocycles. The van der Waals surface area contributed by atoms with E-state index in [0.29, 0.717) is 19.3 Å². The summed E-state index contributed by atoms with van der Waals surface area (Å²) in [7, 11) is 0. The van der Waals surface area contributed by atoms with Crippen LogP contribution in [-0.4, -0.2) is 5.97 Å². The third-order valence-electron chi connectivity index (χ3n) is 2.85. The highest BCUT2D eigenvalue weighted by atomic mass is 19.1. The van der Waals surface area contributed by atoms with Crippen molar-refractivity contribution in [2.75, 3.05) is 0 Å². The lowest BCUT2D eigenvalue weighted by Crippen LogP contribution is -2.26. The Morgan fingerprint density at radius 3 is 3.00 bits per heavy atom. The predicted molar refractivity (Wildman–Crippen MR) is 52.2 cm³/mol. The zero-order valence-corrected chi connectivity index (χ0v) is 8.20. The van der Waals surface area contributed by atoms with Gasteiger partial charge in [0.2, 0.25) is 0 Å². The second-order valence-electron chi connectivity index (χ2n) is 3.79. The van der Waals surface area contributed by atoms with E-state index in [9.17, 15) is 9.18 Å². The summed E-state index contributed by atoms with van der Waals surface area (Å²) in [6.07, 6.45) is 1.96. The van der Waals surface area contributed by atoms with Gasteiger partial charge in [-0.05, 0) is 42.5 Å². The fraction of sp³-hybridized carbons (Fsp3) is 0.364. The zero-order valence-electron chi connectivity index (χ0n) is 8.20. The van der Waals surface area contributed by atoms with Crippen LogP contribution in [-0.2, 0) is 22.5 Å². The molecular weight excluding hydrogens is 197 g/mol. The van der Waals surface area contributed by atoms with Gasteiger partial charge < -0.3 is 4.84 Å². The Kier molecular flexibility index (Phi) is 2.68. The first-order valence-corrected chi connectivity index (χ1v) is 4.88. The summed E-state index contributed by atoms with van der Waals surface area (Å²) >= 11 is 0. The Morgan fingerprint density at radius 1 is 1.47 bits per heavy atom. The Bertz CT molecular complexity index is 392. The summed E-state index contributed by atoms with van der Waals surface area (Å²) in [5, 5.41) is 0. The topological polar surface area (TPSA) is 52.3 Å². The van der Waals surface area contributed by atoms with Gasteiger partial charge in [0, 0.05) is 0 Å². The van der Waals surface area contributed by atoms with E-state index in [1.54, 1.807) is 6.07 Å². The molecule has 2 N–H and O–H groups in total. The van der Waals surface area contributed by atoms with Gasteiger partial charge in [-0.15, -0.1) is 0 Å². The molecule has 0 heterocycles. The summed E-state index contributed by atoms with van der Waals surface area (Å²) in [4.78, 5) is 15.4. The minimum atomic E-state index is -0.384. The molecule has 1 aromatic carbocycles. The first-order chi connectivity index (χ1) is 7.20. The van der Waals surface area contributed by atoms with E-state index in [1.165, 1.54) is 12.1 Å². The Hall–Kier alpha value is -1.42. The van der Waals surface area contributed by atoms with Crippen LogP contribution < -0.4 is 5.90 Å². The molecule has 80 valence electrons. The number of hydrogen-bond acceptors (Lipinski definition) is 3. The third kappa shape index (κ3) is 1.99. The van der Waals surface area contributed by atoms with Gasteiger partial charge in [-0.25, -0.2) is 4.39 Å². The minimum Gasteiger partial charge on any atom is -0.373 e. The van der Waals surface area contributed by atoms with Gasteiger partial charge in [-0.3, -0.25) is 4.79 Å². The van der Waals surface area contributed by atoms with Crippen molar-refractivity contribution in [2.24, 2.45) is 11.8 Å². The highest BCUT2D eigenvalue weighted by Crippen LogP contribution is 2.26. The molecule has 0 fully saturated rings. The van der Waals surface area contributed by atoms with E-state index in [4.69, 9.17) is 5.90 Å². The maximum Gasteiger partial charge on any atom is 0.327 e. The van der Waals surface area contributed by atoms with E-state index in [0.717, 1.165) is 11.1 Å². The van der Waals surface area contributed by atoms with Gasteiger partial charge >= 0.3 is 5.97 Å². The molecule has 1 aliphatic rings. The molecule has 0 radical (unpaired) electrons. The largest absolute Gasteiger partial charge is 0.373 e. The standard InChI is InChI=1S/C11H12FNO2/c12-10-4-3-7-5-9(11(14)15-13)2-1-8(7)6-10/h3-4,6,9H,1-2,5,13H2. The molecule has 1 aliphatic carbocycles. The van der Waals surface area contributed by atoms with Crippen molar-refractivity contribution < 1.29 is 14.0 Å². The molecule has 0 spiro atoms. The summed E-state index contributed by atoms with van der Waals surface area (Å²) < 4.78 is 12.9. The highest BCUT2D eigenvalue weighted by molar-refractivity contribution is 5.73. The van der Waals surface area contributed by atoms with E-state index in [-0.39, 0.29) is 17.7 Å². The fourth-order valence-electron chi connectivity index (χ4n) is 2.02. The molecule has 2 rings (SSSR count). The van der Waals surface area contributed by atoms with Crippen LogP contribution >= 0.6 is 0 Å². The average molecular weight is 209 g/mol. The van der Waals surface area contributed by atoms with Crippen molar-refractivity contribution in [1.82, 2.24) is 0 Å². The van der Waals surface area contributed by atoms with Crippen LogP contribution in [0.1, 0.15) is 17.5 Å². The molecule has 1 aromatic rings. The van der Waals surface area contributed by atoms with Gasteiger partial charge in [0.05, 0.1) is 5.92 Å². The molecule has 15 heavy (non-hydrogen) atoms. The van der Waals surface area contributed by atoms with Crippen molar-refractivity contribution in [3.05, 3.63) is 35.1 Å². The van der Waals surface area contributed by atoms with E-state index < -0.39 is 0 Å². The van der Waals surface area contributed by atoms with E-state index in [1.807, 2.05) is 0 Å². The van der Waals surface area contributed by atoms with Crippen LogP contribution in [0.25, 0.3) is 0 Å². The van der Waals surface area contributed by atoms with Crippen molar-refractivity contribution in [3.8, 4) is 0 Å². The molecule has 0 amide bonds. The quantitative estimate of drug-likeness (QED) is 0.710. The van der Waals surface area contributed by atoms with E-state index >= 15 is 0 Å². The monoisotopic (exact) mass is 209 g/mol. The van der Waals surface area contributed by atoms with Crippen LogP contribution in [0.4, 0.5) is 4.39 Å². The number of nitrogens with two attached hydrogens (primary N) is 1. The summed E-state index contributed by atoms with van der Waals surface area (Å²) in [6, 6.07) is 4.66. The smallest absolute Gasteiger partial charge is 0.327 e. The number of halogens is 1. The van der Waals surface area contributed by atoms with Crippen LogP contribution in [0.15, 0.2) is 18.2 Å². The normalized spacial score (nSPS) is 19.5. The van der Waals surface area contributed by atoms with Gasteiger partial charge in [0.15, 0.2) is 0 Å². The number of carbonyl (C=O) groups is 1. The number of carbonyl (C=O) groups excluding carboxylic acids is 1. The van der Waals surface area contributed by atoms with Crippen molar-refractivity contribution >= 4 is 5.97 Å². The van der Waals surface area contributed by atoms with Crippen LogP contribution in [0.5, 0.6) is 0 Å². The predicted octanol–water partition coefficient (Wildman–Crippen LogP) is 1.35. The van der Waals surface area contributed by atoms with Gasteiger partial charge in [-0.1, -0.05) is 6.07 Å². The molecule has 0 saturated heterocycles. The van der Waals surface area contributed by atoms with Crippen molar-refractivity contribution in [2.45, 2.75) is 19.3 Å². The molecule has 1 atom stereocenters. The highest BCUT2D eigenvalue weighted by Gasteiger charge is 2.25. The van der Waals surface area contributed by atoms with Crippen molar-refractivity contribution in [3.63, 3.8) is 0 Å². The molecular formula is C11H12FNO2. The van der Waals surface area contributed by atoms with Crippen LogP contribution in [0.3, 0.4) is 0 Å². The average Bonchev–Trinajstić information content (AvgIpc) is 2.27. The number of rotatable bonds is 1. The van der Waals surface area contributed by atoms with Crippen LogP contribution in [0.2, 0.25) is 0 Å². The SMILES string of the molecule is NOC(=O)C1CCc2cc(F)ccc2C1. The van der Waals surface area contributed by atoms with Gasteiger partial charge in [0.1, 0.15) is 5.82 Å². The molecule has 3 nitrogen and oxygen atoms in total. The third-order valence-corrected chi connectivity index (χ3v) is 2.85. The maximum atomic E-state index is 12.9. The Morgan fingerprint density at radius 2 is 2.27 bits per heavy atom. The number of hydrogen-bond donors (Lipinski definition) is 1. The molecule has 0 bridgehead atoms. The second-order valence-corrected chi connectivity index (χ2v) is 3.79. The first kappa shape index (κ1) is 10.1. The number of fused-ring (bicyclic) bond motifs is 1. The second kappa shape index (κ2) is 3.98. The molecule has 1 unspecified atom stereocenters. The van der Waals surface area contributed by atoms with E-state index in [2.05, 4.69) is 4.84 Å². The number of benzene rings is 1. The summed E-state index contributed by atoms with van der Waals surface area (Å²) in [6.45, 7) is 0. The van der Waals surface area contributed by atoms with Gasteiger partial charge in [-0.2, -0.15) is 5.90 Å². The Balaban J connectivity index is 2.20. The molecule has 4 heteroatoms. The lowest BCUT2D eigenvalue weighted by molar-refractivity contribution is -0.149. The molecule has 0 aromatic heterocycles. The lowest BCUT2D eigenvalue weighted by atomic mass is 9.84. The number of aryl methyl sites for hydroxylation is 1. The zero-order chi connectivity index (χ0) is 10.8. The fourth-order valence-corrected chi connectivity index (χ4v) is 2.02. The minimum absolute atomic E-state index is 0.187. The van der Waals surface area contributed by atoms with Gasteiger partial charge in [0.25, 0.3) is 0 Å². The van der Waals surface area contributed by atoms with Crippen molar-refractivity contribution in [1.29, 1.82) is 0 Å². The molecule has 0 aliphatic heterocycles. The first-order valence-electron chi connectivity index (χ1n) is 4.88. The maximum absolute atomic E-state index is 12.9. The summed E-state index contributed by atoms with van der Waals surface area (Å²) in [5.74, 6) is 4.04. The van der Waals surface area contributed by atoms with Crippen LogP contribution in [0, 0.1) is 11.7 Å². The summed E-state index contributed by atoms with van der Waals surface area (Å²) in [5.41, 5.74) is 1.99. The lowest BCUT2D eigenvalue weighted by Gasteiger charge is -2.22. The Labute approximate surface area is 87.0 Å².